The first-order valence-electron chi connectivity index (χ1n) is 17.9. The lowest BCUT2D eigenvalue weighted by Gasteiger charge is -2.34. The number of piperidine rings is 1. The van der Waals surface area contributed by atoms with Crippen molar-refractivity contribution in [3.63, 3.8) is 0 Å². The van der Waals surface area contributed by atoms with Crippen LogP contribution in [0.15, 0.2) is 48.9 Å². The lowest BCUT2D eigenvalue weighted by Crippen LogP contribution is -2.57. The van der Waals surface area contributed by atoms with E-state index in [9.17, 15) is 32.3 Å². The number of carboxylic acid groups (broad SMARTS) is 1. The number of hydrogen-bond acceptors (Lipinski definition) is 7. The number of anilines is 1. The number of halogens is 4. The van der Waals surface area contributed by atoms with E-state index in [2.05, 4.69) is 20.3 Å². The molecule has 3 fully saturated rings. The summed E-state index contributed by atoms with van der Waals surface area (Å²) < 4.78 is 65.5. The first-order valence-corrected chi connectivity index (χ1v) is 17.9. The van der Waals surface area contributed by atoms with Crippen molar-refractivity contribution in [3.05, 3.63) is 66.0 Å². The van der Waals surface area contributed by atoms with Crippen LogP contribution in [0.2, 0.25) is 0 Å². The van der Waals surface area contributed by atoms with Crippen molar-refractivity contribution >= 4 is 28.7 Å². The number of nitrogens with zero attached hydrogens (tertiary/aromatic N) is 5. The van der Waals surface area contributed by atoms with Gasteiger partial charge in [0.15, 0.2) is 11.5 Å². The Hall–Kier alpha value is -4.75. The van der Waals surface area contributed by atoms with E-state index in [4.69, 9.17) is 4.74 Å². The van der Waals surface area contributed by atoms with E-state index in [1.807, 2.05) is 36.3 Å². The maximum atomic E-state index is 14.6. The minimum Gasteiger partial charge on any atom is -0.490 e. The van der Waals surface area contributed by atoms with Gasteiger partial charge in [0, 0.05) is 55.2 Å². The highest BCUT2D eigenvalue weighted by Crippen LogP contribution is 2.51. The molecule has 2 N–H and O–H groups in total. The topological polar surface area (TPSA) is 122 Å². The molecule has 4 aromatic rings. The van der Waals surface area contributed by atoms with Crippen LogP contribution < -0.4 is 15.0 Å². The van der Waals surface area contributed by atoms with Crippen molar-refractivity contribution in [2.45, 2.75) is 89.6 Å². The highest BCUT2D eigenvalue weighted by atomic mass is 19.4. The third kappa shape index (κ3) is 6.67. The molecule has 52 heavy (non-hydrogen) atoms. The van der Waals surface area contributed by atoms with E-state index >= 15 is 0 Å². The molecule has 3 aliphatic rings. The number of carbonyl (C=O) groups excluding carboxylic acids is 1. The average Bonchev–Trinajstić information content (AvgIpc) is 3.62. The molecule has 4 atom stereocenters. The summed E-state index contributed by atoms with van der Waals surface area (Å²) in [4.78, 5) is 40.4. The number of amides is 1. The van der Waals surface area contributed by atoms with Crippen LogP contribution >= 0.6 is 0 Å². The minimum absolute atomic E-state index is 0.0350. The van der Waals surface area contributed by atoms with E-state index in [1.165, 1.54) is 6.07 Å². The van der Waals surface area contributed by atoms with Crippen LogP contribution in [0.3, 0.4) is 0 Å². The van der Waals surface area contributed by atoms with Gasteiger partial charge in [-0.3, -0.25) is 4.79 Å². The van der Waals surface area contributed by atoms with E-state index in [0.29, 0.717) is 67.3 Å². The average molecular weight is 723 g/mol. The number of nitrogens with one attached hydrogen (secondary N) is 1. The fourth-order valence-electron chi connectivity index (χ4n) is 8.61. The molecule has 0 radical (unpaired) electrons. The Bertz CT molecular complexity index is 1970. The van der Waals surface area contributed by atoms with Crippen LogP contribution in [-0.2, 0) is 11.0 Å². The van der Waals surface area contributed by atoms with E-state index in [-0.39, 0.29) is 36.1 Å². The summed E-state index contributed by atoms with van der Waals surface area (Å²) in [5.41, 5.74) is -2.45. The Morgan fingerprint density at radius 2 is 1.81 bits per heavy atom. The van der Waals surface area contributed by atoms with Crippen LogP contribution in [0.4, 0.5) is 23.5 Å². The normalized spacial score (nSPS) is 23.7. The van der Waals surface area contributed by atoms with E-state index in [0.717, 1.165) is 36.8 Å². The molecule has 14 heteroatoms. The summed E-state index contributed by atoms with van der Waals surface area (Å²) in [5, 5.41) is 13.6. The molecule has 2 aliphatic carbocycles. The number of carbonyl (C=O) groups is 2. The van der Waals surface area contributed by atoms with Crippen molar-refractivity contribution in [3.8, 4) is 17.0 Å². The van der Waals surface area contributed by atoms with Gasteiger partial charge < -0.3 is 24.6 Å². The monoisotopic (exact) mass is 722 g/mol. The number of fused-ring (bicyclic) bond motifs is 3. The number of aromatic nitrogens is 4. The molecule has 4 unspecified atom stereocenters. The number of pyridine rings is 1. The van der Waals surface area contributed by atoms with Gasteiger partial charge in [-0.15, -0.1) is 0 Å². The fraction of sp³-hybridized carbons (Fsp3) is 0.500. The maximum absolute atomic E-state index is 14.6. The van der Waals surface area contributed by atoms with Crippen molar-refractivity contribution in [2.24, 2.45) is 17.8 Å². The molecule has 276 valence electrons. The summed E-state index contributed by atoms with van der Waals surface area (Å²) in [6.07, 6.45) is 3.52. The highest BCUT2D eigenvalue weighted by Gasteiger charge is 2.57. The molecule has 10 nitrogen and oxygen atoms in total. The van der Waals surface area contributed by atoms with Crippen molar-refractivity contribution in [1.82, 2.24) is 24.8 Å². The summed E-state index contributed by atoms with van der Waals surface area (Å²) in [6, 6.07) is 7.89. The van der Waals surface area contributed by atoms with Gasteiger partial charge >= 0.3 is 12.1 Å². The van der Waals surface area contributed by atoms with Crippen LogP contribution in [0.25, 0.3) is 22.2 Å². The summed E-state index contributed by atoms with van der Waals surface area (Å²) in [6.45, 7) is 7.23. The third-order valence-electron chi connectivity index (χ3n) is 11.2. The lowest BCUT2D eigenvalue weighted by molar-refractivity contribution is -0.146. The molecule has 3 aromatic heterocycles. The molecule has 2 saturated carbocycles. The first kappa shape index (κ1) is 35.6. The van der Waals surface area contributed by atoms with Gasteiger partial charge in [0.1, 0.15) is 17.4 Å². The Labute approximate surface area is 298 Å². The zero-order chi connectivity index (χ0) is 36.9. The number of carboxylic acids is 1. The van der Waals surface area contributed by atoms with Crippen LogP contribution in [0.5, 0.6) is 5.75 Å². The van der Waals surface area contributed by atoms with E-state index in [1.54, 1.807) is 18.3 Å². The number of ether oxygens (including phenoxy) is 1. The molecule has 2 bridgehead atoms. The predicted molar refractivity (Wildman–Crippen MR) is 185 cm³/mol. The highest BCUT2D eigenvalue weighted by molar-refractivity contribution is 6.00. The number of alkyl halides is 3. The zero-order valence-corrected chi connectivity index (χ0v) is 29.3. The Morgan fingerprint density at radius 1 is 1.08 bits per heavy atom. The lowest BCUT2D eigenvalue weighted by atomic mass is 9.76. The van der Waals surface area contributed by atoms with Gasteiger partial charge in [-0.2, -0.15) is 13.2 Å². The van der Waals surface area contributed by atoms with Gasteiger partial charge in [0.25, 0.3) is 5.91 Å². The second kappa shape index (κ2) is 13.7. The van der Waals surface area contributed by atoms with Crippen molar-refractivity contribution in [1.29, 1.82) is 0 Å². The summed E-state index contributed by atoms with van der Waals surface area (Å²) >= 11 is 0. The Morgan fingerprint density at radius 3 is 2.46 bits per heavy atom. The van der Waals surface area contributed by atoms with Crippen LogP contribution in [-0.4, -0.2) is 61.2 Å². The van der Waals surface area contributed by atoms with Crippen LogP contribution in [0.1, 0.15) is 87.8 Å². The molecular formula is C38H42F4N6O4. The Balaban J connectivity index is 1.14. The zero-order valence-electron chi connectivity index (χ0n) is 29.3. The second-order valence-corrected chi connectivity index (χ2v) is 14.8. The SMILES string of the molecule is CCC1CC2CC(C1)C(NC(=O)c1ccc(-c3cn(C(C)C)c4cc(OC5CCN(c6ncc(F)cn6)CC5)ccc34)nc1C(F)(F)F)(C(=O)O)C2. The quantitative estimate of drug-likeness (QED) is 0.169. The smallest absolute Gasteiger partial charge is 0.434 e. The third-order valence-corrected chi connectivity index (χ3v) is 11.2. The van der Waals surface area contributed by atoms with E-state index < -0.39 is 40.7 Å². The standard InChI is InChI=1S/C38H42F4N6O4/c1-4-22-13-23-15-24(14-22)37(17-23,35(50)51)46-34(49)29-7-8-31(45-33(29)38(40,41)42)30-20-48(21(2)3)32-16-27(5-6-28(30)32)52-26-9-11-47(12-10-26)36-43-18-25(39)19-44-36/h5-8,16,18-24,26H,4,9-15,17H2,1-3H3,(H,46,49)(H,50,51). The minimum atomic E-state index is -4.98. The largest absolute Gasteiger partial charge is 0.490 e. The molecule has 1 aromatic carbocycles. The van der Waals surface area contributed by atoms with Crippen LogP contribution in [0, 0.1) is 23.6 Å². The molecular weight excluding hydrogens is 680 g/mol. The summed E-state index contributed by atoms with van der Waals surface area (Å²) in [5.74, 6) is -1.64. The van der Waals surface area contributed by atoms with Gasteiger partial charge in [0.2, 0.25) is 5.95 Å². The van der Waals surface area contributed by atoms with Crippen molar-refractivity contribution < 1.29 is 37.0 Å². The number of aliphatic carboxylic acids is 1. The molecule has 1 amide bonds. The second-order valence-electron chi connectivity index (χ2n) is 14.8. The first-order chi connectivity index (χ1) is 24.8. The Kier molecular flexibility index (Phi) is 9.37. The van der Waals surface area contributed by atoms with Crippen molar-refractivity contribution in [2.75, 3.05) is 18.0 Å². The maximum Gasteiger partial charge on any atom is 0.434 e. The number of benzene rings is 1. The molecule has 0 spiro atoms. The molecule has 7 rings (SSSR count). The van der Waals surface area contributed by atoms with Gasteiger partial charge in [0.05, 0.1) is 29.2 Å². The summed E-state index contributed by atoms with van der Waals surface area (Å²) in [7, 11) is 0. The molecule has 1 aliphatic heterocycles. The van der Waals surface area contributed by atoms with Gasteiger partial charge in [-0.25, -0.2) is 24.1 Å². The molecule has 1 saturated heterocycles. The fourth-order valence-corrected chi connectivity index (χ4v) is 8.61. The number of rotatable bonds is 9. The van der Waals surface area contributed by atoms with Gasteiger partial charge in [-0.1, -0.05) is 13.3 Å². The predicted octanol–water partition coefficient (Wildman–Crippen LogP) is 7.68. The molecule has 4 heterocycles. The number of hydrogen-bond donors (Lipinski definition) is 2. The van der Waals surface area contributed by atoms with Gasteiger partial charge in [-0.05, 0) is 81.5 Å².